The van der Waals surface area contributed by atoms with Crippen molar-refractivity contribution >= 4 is 64.1 Å². The molecular formula is C18H12Cl4N2O2. The molecule has 8 heteroatoms. The third kappa shape index (κ3) is 5.06. The highest BCUT2D eigenvalue weighted by Crippen LogP contribution is 2.35. The number of hydrogen-bond acceptors (Lipinski definition) is 3. The van der Waals surface area contributed by atoms with E-state index in [9.17, 15) is 10.1 Å². The fourth-order valence-corrected chi connectivity index (χ4v) is 2.94. The SMILES string of the molecule is CCOc1c(Cl)cc(/C=C(\C#N)C(=O)Nc2ccc(Cl)c(Cl)c2)cc1Cl. The number of hydrogen-bond donors (Lipinski definition) is 1. The van der Waals surface area contributed by atoms with Crippen LogP contribution in [0.5, 0.6) is 5.75 Å². The Kier molecular flexibility index (Phi) is 7.19. The monoisotopic (exact) mass is 428 g/mol. The molecule has 2 aromatic rings. The van der Waals surface area contributed by atoms with Gasteiger partial charge < -0.3 is 10.1 Å². The van der Waals surface area contributed by atoms with Crippen LogP contribution in [0.4, 0.5) is 5.69 Å². The number of nitrogens with one attached hydrogen (secondary N) is 1. The first kappa shape index (κ1) is 20.4. The first-order valence-electron chi connectivity index (χ1n) is 7.35. The topological polar surface area (TPSA) is 62.1 Å². The molecule has 0 radical (unpaired) electrons. The molecule has 0 saturated heterocycles. The van der Waals surface area contributed by atoms with Gasteiger partial charge in [-0.1, -0.05) is 46.4 Å². The third-order valence-corrected chi connectivity index (χ3v) is 4.46. The fraction of sp³-hybridized carbons (Fsp3) is 0.111. The van der Waals surface area contributed by atoms with Crippen molar-refractivity contribution in [2.75, 3.05) is 11.9 Å². The maximum Gasteiger partial charge on any atom is 0.266 e. The van der Waals surface area contributed by atoms with Gasteiger partial charge >= 0.3 is 0 Å². The lowest BCUT2D eigenvalue weighted by Crippen LogP contribution is -2.13. The number of benzene rings is 2. The van der Waals surface area contributed by atoms with Crippen molar-refractivity contribution in [3.8, 4) is 11.8 Å². The summed E-state index contributed by atoms with van der Waals surface area (Å²) in [7, 11) is 0. The summed E-state index contributed by atoms with van der Waals surface area (Å²) in [5.41, 5.74) is 0.768. The second-order valence-corrected chi connectivity index (χ2v) is 6.63. The van der Waals surface area contributed by atoms with Crippen molar-refractivity contribution in [2.24, 2.45) is 0 Å². The van der Waals surface area contributed by atoms with Gasteiger partial charge in [-0.3, -0.25) is 4.79 Å². The number of nitriles is 1. The minimum absolute atomic E-state index is 0.132. The Morgan fingerprint density at radius 2 is 1.77 bits per heavy atom. The maximum absolute atomic E-state index is 12.3. The van der Waals surface area contributed by atoms with Crippen molar-refractivity contribution in [1.82, 2.24) is 0 Å². The van der Waals surface area contributed by atoms with E-state index in [2.05, 4.69) is 5.32 Å². The number of amides is 1. The molecule has 4 nitrogen and oxygen atoms in total. The molecular weight excluding hydrogens is 418 g/mol. The molecule has 0 aliphatic rings. The predicted octanol–water partition coefficient (Wildman–Crippen LogP) is 6.24. The summed E-state index contributed by atoms with van der Waals surface area (Å²) in [4.78, 5) is 12.3. The van der Waals surface area contributed by atoms with E-state index in [0.717, 1.165) is 0 Å². The van der Waals surface area contributed by atoms with E-state index in [-0.39, 0.29) is 20.6 Å². The van der Waals surface area contributed by atoms with Crippen LogP contribution in [0.15, 0.2) is 35.9 Å². The summed E-state index contributed by atoms with van der Waals surface area (Å²) in [5.74, 6) is -0.251. The van der Waals surface area contributed by atoms with Crippen LogP contribution in [0.3, 0.4) is 0 Å². The number of carbonyl (C=O) groups excluding carboxylic acids is 1. The summed E-state index contributed by atoms with van der Waals surface area (Å²) in [6, 6.07) is 9.57. The van der Waals surface area contributed by atoms with Crippen molar-refractivity contribution in [3.63, 3.8) is 0 Å². The van der Waals surface area contributed by atoms with E-state index in [0.29, 0.717) is 28.6 Å². The average Bonchev–Trinajstić information content (AvgIpc) is 2.59. The summed E-state index contributed by atoms with van der Waals surface area (Å²) >= 11 is 24.0. The highest BCUT2D eigenvalue weighted by atomic mass is 35.5. The van der Waals surface area contributed by atoms with Crippen LogP contribution in [-0.2, 0) is 4.79 Å². The van der Waals surface area contributed by atoms with Crippen molar-refractivity contribution in [3.05, 3.63) is 61.6 Å². The van der Waals surface area contributed by atoms with Gasteiger partial charge in [0.1, 0.15) is 11.6 Å². The zero-order valence-corrected chi connectivity index (χ0v) is 16.5. The van der Waals surface area contributed by atoms with E-state index in [1.165, 1.54) is 12.1 Å². The molecule has 0 heterocycles. The van der Waals surface area contributed by atoms with Crippen LogP contribution in [-0.4, -0.2) is 12.5 Å². The second kappa shape index (κ2) is 9.16. The molecule has 0 saturated carbocycles. The van der Waals surface area contributed by atoms with Crippen molar-refractivity contribution in [2.45, 2.75) is 6.92 Å². The number of anilines is 1. The highest BCUT2D eigenvalue weighted by molar-refractivity contribution is 6.42. The molecule has 0 unspecified atom stereocenters. The Hall–Kier alpha value is -1.90. The van der Waals surface area contributed by atoms with E-state index >= 15 is 0 Å². The van der Waals surface area contributed by atoms with Gasteiger partial charge in [0.25, 0.3) is 5.91 Å². The molecule has 0 spiro atoms. The molecule has 26 heavy (non-hydrogen) atoms. The number of halogens is 4. The standard InChI is InChI=1S/C18H12Cl4N2O2/c1-2-26-17-15(21)6-10(7-16(17)22)5-11(9-23)18(25)24-12-3-4-13(19)14(20)8-12/h3-8H,2H2,1H3,(H,24,25)/b11-5+. The molecule has 0 atom stereocenters. The van der Waals surface area contributed by atoms with Gasteiger partial charge in [-0.05, 0) is 48.9 Å². The predicted molar refractivity (Wildman–Crippen MR) is 106 cm³/mol. The van der Waals surface area contributed by atoms with E-state index in [4.69, 9.17) is 51.1 Å². The third-order valence-electron chi connectivity index (χ3n) is 3.16. The molecule has 2 aromatic carbocycles. The lowest BCUT2D eigenvalue weighted by atomic mass is 10.1. The molecule has 0 fully saturated rings. The maximum atomic E-state index is 12.3. The first-order chi connectivity index (χ1) is 12.3. The first-order valence-corrected chi connectivity index (χ1v) is 8.87. The molecule has 1 amide bonds. The molecule has 2 rings (SSSR count). The molecule has 134 valence electrons. The Morgan fingerprint density at radius 3 is 2.31 bits per heavy atom. The zero-order valence-electron chi connectivity index (χ0n) is 13.4. The van der Waals surface area contributed by atoms with E-state index in [1.807, 2.05) is 13.0 Å². The van der Waals surface area contributed by atoms with Gasteiger partial charge in [0.2, 0.25) is 0 Å². The molecule has 0 aromatic heterocycles. The van der Waals surface area contributed by atoms with Gasteiger partial charge in [-0.25, -0.2) is 0 Å². The average molecular weight is 430 g/mol. The summed E-state index contributed by atoms with van der Waals surface area (Å²) in [6.07, 6.45) is 1.38. The van der Waals surface area contributed by atoms with Gasteiger partial charge in [0.15, 0.2) is 5.75 Å². The number of ether oxygens (including phenoxy) is 1. The zero-order chi connectivity index (χ0) is 19.3. The van der Waals surface area contributed by atoms with E-state index in [1.54, 1.807) is 24.3 Å². The van der Waals surface area contributed by atoms with Gasteiger partial charge in [-0.15, -0.1) is 0 Å². The molecule has 0 aliphatic carbocycles. The van der Waals surface area contributed by atoms with Gasteiger partial charge in [-0.2, -0.15) is 5.26 Å². The quantitative estimate of drug-likeness (QED) is 0.451. The van der Waals surface area contributed by atoms with Crippen LogP contribution >= 0.6 is 46.4 Å². The van der Waals surface area contributed by atoms with Crippen LogP contribution < -0.4 is 10.1 Å². The van der Waals surface area contributed by atoms with E-state index < -0.39 is 5.91 Å². The fourth-order valence-electron chi connectivity index (χ4n) is 2.03. The van der Waals surface area contributed by atoms with Crippen LogP contribution in [0, 0.1) is 11.3 Å². The molecule has 1 N–H and O–H groups in total. The second-order valence-electron chi connectivity index (χ2n) is 5.00. The highest BCUT2D eigenvalue weighted by Gasteiger charge is 2.13. The number of nitrogens with zero attached hydrogens (tertiary/aromatic N) is 1. The summed E-state index contributed by atoms with van der Waals surface area (Å²) < 4.78 is 5.35. The van der Waals surface area contributed by atoms with Crippen LogP contribution in [0.1, 0.15) is 12.5 Å². The Morgan fingerprint density at radius 1 is 1.12 bits per heavy atom. The van der Waals surface area contributed by atoms with Crippen molar-refractivity contribution in [1.29, 1.82) is 5.26 Å². The number of rotatable bonds is 5. The van der Waals surface area contributed by atoms with Crippen molar-refractivity contribution < 1.29 is 9.53 Å². The van der Waals surface area contributed by atoms with Crippen LogP contribution in [0.2, 0.25) is 20.1 Å². The number of carbonyl (C=O) groups is 1. The lowest BCUT2D eigenvalue weighted by Gasteiger charge is -2.09. The smallest absolute Gasteiger partial charge is 0.266 e. The van der Waals surface area contributed by atoms with Gasteiger partial charge in [0.05, 0.1) is 26.7 Å². The summed E-state index contributed by atoms with van der Waals surface area (Å²) in [6.45, 7) is 2.21. The Labute approximate surface area is 170 Å². The summed E-state index contributed by atoms with van der Waals surface area (Å²) in [5, 5.41) is 13.1. The largest absolute Gasteiger partial charge is 0.491 e. The molecule has 0 bridgehead atoms. The van der Waals surface area contributed by atoms with Crippen LogP contribution in [0.25, 0.3) is 6.08 Å². The minimum Gasteiger partial charge on any atom is -0.491 e. The van der Waals surface area contributed by atoms with Gasteiger partial charge in [0, 0.05) is 5.69 Å². The normalized spacial score (nSPS) is 11.0. The Bertz CT molecular complexity index is 897. The minimum atomic E-state index is -0.605. The Balaban J connectivity index is 2.28. The lowest BCUT2D eigenvalue weighted by molar-refractivity contribution is -0.112. The molecule has 0 aliphatic heterocycles.